The predicted octanol–water partition coefficient (Wildman–Crippen LogP) is 3.30. The fourth-order valence-corrected chi connectivity index (χ4v) is 3.66. The molecule has 0 saturated heterocycles. The molecule has 0 bridgehead atoms. The lowest BCUT2D eigenvalue weighted by Crippen LogP contribution is -2.52. The molecular formula is C19H25ClFN3O3S. The zero-order valence-corrected chi connectivity index (χ0v) is 17.4. The van der Waals surface area contributed by atoms with Gasteiger partial charge in [0.25, 0.3) is 15.9 Å². The summed E-state index contributed by atoms with van der Waals surface area (Å²) in [6.45, 7) is 4.22. The van der Waals surface area contributed by atoms with E-state index in [1.54, 1.807) is 0 Å². The summed E-state index contributed by atoms with van der Waals surface area (Å²) in [7, 11) is -3.84. The number of rotatable bonds is 8. The molecule has 0 aromatic heterocycles. The van der Waals surface area contributed by atoms with Crippen LogP contribution in [0.4, 0.5) is 10.1 Å². The van der Waals surface area contributed by atoms with Crippen LogP contribution in [0, 0.1) is 5.82 Å². The minimum Gasteiger partial charge on any atom is -0.345 e. The number of halogens is 2. The summed E-state index contributed by atoms with van der Waals surface area (Å²) in [5.41, 5.74) is 5.90. The summed E-state index contributed by atoms with van der Waals surface area (Å²) in [4.78, 5) is 12.5. The number of nitrogens with one attached hydrogen (secondary N) is 2. The van der Waals surface area contributed by atoms with Gasteiger partial charge in [-0.2, -0.15) is 0 Å². The van der Waals surface area contributed by atoms with Crippen LogP contribution in [-0.4, -0.2) is 26.4 Å². The molecule has 0 unspecified atom stereocenters. The fraction of sp³-hybridized carbons (Fsp3) is 0.316. The van der Waals surface area contributed by atoms with Crippen LogP contribution < -0.4 is 15.8 Å². The van der Waals surface area contributed by atoms with E-state index in [1.165, 1.54) is 36.4 Å². The molecule has 0 saturated carbocycles. The second kappa shape index (κ2) is 9.86. The van der Waals surface area contributed by atoms with Crippen LogP contribution in [0.3, 0.4) is 0 Å². The molecule has 0 fully saturated rings. The molecule has 4 N–H and O–H groups in total. The van der Waals surface area contributed by atoms with E-state index in [-0.39, 0.29) is 28.9 Å². The molecule has 154 valence electrons. The third kappa shape index (κ3) is 5.67. The van der Waals surface area contributed by atoms with Crippen LogP contribution in [0.5, 0.6) is 0 Å². The first-order valence-corrected chi connectivity index (χ1v) is 10.1. The molecule has 2 aromatic rings. The molecule has 2 rings (SSSR count). The van der Waals surface area contributed by atoms with E-state index < -0.39 is 21.4 Å². The molecule has 0 aliphatic rings. The maximum atomic E-state index is 12.9. The van der Waals surface area contributed by atoms with Gasteiger partial charge < -0.3 is 11.1 Å². The molecule has 0 aliphatic heterocycles. The Balaban J connectivity index is 0.00000392. The summed E-state index contributed by atoms with van der Waals surface area (Å²) < 4.78 is 40.1. The Labute approximate surface area is 171 Å². The number of carbonyl (C=O) groups is 1. The van der Waals surface area contributed by atoms with Gasteiger partial charge in [0.1, 0.15) is 5.82 Å². The third-order valence-corrected chi connectivity index (χ3v) is 6.04. The van der Waals surface area contributed by atoms with Crippen LogP contribution in [-0.2, 0) is 10.0 Å². The van der Waals surface area contributed by atoms with Gasteiger partial charge in [-0.15, -0.1) is 12.4 Å². The zero-order chi connectivity index (χ0) is 20.1. The lowest BCUT2D eigenvalue weighted by molar-refractivity contribution is 0.0895. The van der Waals surface area contributed by atoms with Gasteiger partial charge in [0.05, 0.1) is 10.4 Å². The van der Waals surface area contributed by atoms with Crippen LogP contribution >= 0.6 is 12.4 Å². The highest BCUT2D eigenvalue weighted by Gasteiger charge is 2.27. The first kappa shape index (κ1) is 23.9. The molecule has 0 spiro atoms. The Morgan fingerprint density at radius 1 is 1.04 bits per heavy atom. The van der Waals surface area contributed by atoms with E-state index in [4.69, 9.17) is 5.73 Å². The number of amides is 1. The van der Waals surface area contributed by atoms with E-state index in [9.17, 15) is 17.6 Å². The number of hydrogen-bond donors (Lipinski definition) is 3. The molecule has 0 atom stereocenters. The Morgan fingerprint density at radius 2 is 1.57 bits per heavy atom. The van der Waals surface area contributed by atoms with E-state index in [2.05, 4.69) is 10.0 Å². The number of benzene rings is 2. The monoisotopic (exact) mass is 429 g/mol. The van der Waals surface area contributed by atoms with Gasteiger partial charge in [0.2, 0.25) is 0 Å². The van der Waals surface area contributed by atoms with Crippen molar-refractivity contribution in [3.8, 4) is 0 Å². The fourth-order valence-electron chi connectivity index (χ4n) is 2.60. The number of carbonyl (C=O) groups excluding carboxylic acids is 1. The normalized spacial score (nSPS) is 11.4. The van der Waals surface area contributed by atoms with Crippen molar-refractivity contribution >= 4 is 34.0 Å². The summed E-state index contributed by atoms with van der Waals surface area (Å²) in [6, 6.07) is 10.6. The van der Waals surface area contributed by atoms with Crippen molar-refractivity contribution in [1.82, 2.24) is 5.32 Å². The number of nitrogens with two attached hydrogens (primary N) is 1. The molecule has 2 aromatic carbocycles. The molecule has 9 heteroatoms. The highest BCUT2D eigenvalue weighted by atomic mass is 35.5. The molecule has 28 heavy (non-hydrogen) atoms. The van der Waals surface area contributed by atoms with Crippen molar-refractivity contribution in [1.29, 1.82) is 0 Å². The van der Waals surface area contributed by atoms with Crippen LogP contribution in [0.25, 0.3) is 0 Å². The van der Waals surface area contributed by atoms with E-state index >= 15 is 0 Å². The van der Waals surface area contributed by atoms with Gasteiger partial charge in [0.15, 0.2) is 0 Å². The van der Waals surface area contributed by atoms with Gasteiger partial charge in [0, 0.05) is 17.8 Å². The topological polar surface area (TPSA) is 101 Å². The average Bonchev–Trinajstić information content (AvgIpc) is 2.68. The lowest BCUT2D eigenvalue weighted by atomic mass is 9.92. The standard InChI is InChI=1S/C19H24FN3O3S.ClH/c1-3-19(4-2,13-21)22-18(24)14-5-11-17(12-6-14)27(25,26)23-16-9-7-15(20)8-10-16;/h5-12,23H,3-4,13,21H2,1-2H3,(H,22,24);1H. The SMILES string of the molecule is CCC(CC)(CN)NC(=O)c1ccc(S(=O)(=O)Nc2ccc(F)cc2)cc1.Cl. The first-order chi connectivity index (χ1) is 12.7. The third-order valence-electron chi connectivity index (χ3n) is 4.65. The quantitative estimate of drug-likeness (QED) is 0.599. The summed E-state index contributed by atoms with van der Waals surface area (Å²) in [5, 5.41) is 2.93. The van der Waals surface area contributed by atoms with Crippen LogP contribution in [0.15, 0.2) is 53.4 Å². The van der Waals surface area contributed by atoms with Gasteiger partial charge in [-0.3, -0.25) is 9.52 Å². The Morgan fingerprint density at radius 3 is 2.04 bits per heavy atom. The Bertz CT molecular complexity index is 875. The molecule has 1 amide bonds. The first-order valence-electron chi connectivity index (χ1n) is 8.66. The lowest BCUT2D eigenvalue weighted by Gasteiger charge is -2.31. The van der Waals surface area contributed by atoms with Gasteiger partial charge in [-0.25, -0.2) is 12.8 Å². The molecule has 6 nitrogen and oxygen atoms in total. The van der Waals surface area contributed by atoms with Crippen LogP contribution in [0.2, 0.25) is 0 Å². The van der Waals surface area contributed by atoms with Crippen molar-refractivity contribution in [2.24, 2.45) is 5.73 Å². The zero-order valence-electron chi connectivity index (χ0n) is 15.7. The number of sulfonamides is 1. The summed E-state index contributed by atoms with van der Waals surface area (Å²) in [5.74, 6) is -0.763. The number of hydrogen-bond acceptors (Lipinski definition) is 4. The molecule has 0 heterocycles. The second-order valence-electron chi connectivity index (χ2n) is 6.28. The summed E-state index contributed by atoms with van der Waals surface area (Å²) >= 11 is 0. The maximum absolute atomic E-state index is 12.9. The van der Waals surface area contributed by atoms with Gasteiger partial charge in [-0.05, 0) is 61.4 Å². The highest BCUT2D eigenvalue weighted by Crippen LogP contribution is 2.18. The van der Waals surface area contributed by atoms with Crippen molar-refractivity contribution in [2.45, 2.75) is 37.1 Å². The summed E-state index contributed by atoms with van der Waals surface area (Å²) in [6.07, 6.45) is 1.39. The second-order valence-corrected chi connectivity index (χ2v) is 7.96. The highest BCUT2D eigenvalue weighted by molar-refractivity contribution is 7.92. The predicted molar refractivity (Wildman–Crippen MR) is 111 cm³/mol. The smallest absolute Gasteiger partial charge is 0.261 e. The number of anilines is 1. The van der Waals surface area contributed by atoms with Crippen LogP contribution in [0.1, 0.15) is 37.0 Å². The van der Waals surface area contributed by atoms with Gasteiger partial charge in [-0.1, -0.05) is 13.8 Å². The average molecular weight is 430 g/mol. The van der Waals surface area contributed by atoms with Gasteiger partial charge >= 0.3 is 0 Å². The Hall–Kier alpha value is -2.16. The van der Waals surface area contributed by atoms with Crippen molar-refractivity contribution in [3.63, 3.8) is 0 Å². The maximum Gasteiger partial charge on any atom is 0.261 e. The Kier molecular flexibility index (Phi) is 8.41. The largest absolute Gasteiger partial charge is 0.345 e. The van der Waals surface area contributed by atoms with E-state index in [0.717, 1.165) is 12.1 Å². The molecule has 0 radical (unpaired) electrons. The van der Waals surface area contributed by atoms with E-state index in [1.807, 2.05) is 13.8 Å². The minimum atomic E-state index is -3.84. The molecule has 0 aliphatic carbocycles. The minimum absolute atomic E-state index is 0. The van der Waals surface area contributed by atoms with E-state index in [0.29, 0.717) is 24.9 Å². The van der Waals surface area contributed by atoms with Crippen molar-refractivity contribution in [2.75, 3.05) is 11.3 Å². The van der Waals surface area contributed by atoms with Crippen molar-refractivity contribution in [3.05, 3.63) is 59.9 Å². The van der Waals surface area contributed by atoms with Crippen molar-refractivity contribution < 1.29 is 17.6 Å². The molecular weight excluding hydrogens is 405 g/mol.